The van der Waals surface area contributed by atoms with Gasteiger partial charge >= 0.3 is 0 Å². The first kappa shape index (κ1) is 17.7. The van der Waals surface area contributed by atoms with E-state index < -0.39 is 0 Å². The summed E-state index contributed by atoms with van der Waals surface area (Å²) in [6.07, 6.45) is 3.00. The van der Waals surface area contributed by atoms with Crippen molar-refractivity contribution in [3.63, 3.8) is 0 Å². The van der Waals surface area contributed by atoms with E-state index in [0.717, 1.165) is 28.4 Å². The van der Waals surface area contributed by atoms with Crippen LogP contribution in [-0.4, -0.2) is 25.6 Å². The number of halogens is 1. The predicted octanol–water partition coefficient (Wildman–Crippen LogP) is 5.09. The van der Waals surface area contributed by atoms with Gasteiger partial charge in [0.05, 0.1) is 5.69 Å². The fourth-order valence-corrected chi connectivity index (χ4v) is 2.84. The Kier molecular flexibility index (Phi) is 5.01. The van der Waals surface area contributed by atoms with Gasteiger partial charge in [-0.2, -0.15) is 0 Å². The number of benzene rings is 3. The second kappa shape index (κ2) is 7.92. The molecule has 2 N–H and O–H groups in total. The molecular formula is C22H18FN3O2. The van der Waals surface area contributed by atoms with E-state index in [2.05, 4.69) is 10.3 Å². The standard InChI is InChI=1S/C22H18FN3O2/c23-17-2-4-18(5-3-17)26-20-7-6-19(12-16(20)13-24)25-14-15-1-8-21-22(11-15)28-10-9-27-21/h1-8,11-14,24,26H,9-10H2/b24-13?,25-14+. The number of rotatable bonds is 5. The highest BCUT2D eigenvalue weighted by molar-refractivity contribution is 5.90. The fourth-order valence-electron chi connectivity index (χ4n) is 2.84. The largest absolute Gasteiger partial charge is 0.486 e. The second-order valence-corrected chi connectivity index (χ2v) is 6.21. The van der Waals surface area contributed by atoms with Gasteiger partial charge in [-0.25, -0.2) is 4.39 Å². The molecule has 0 amide bonds. The van der Waals surface area contributed by atoms with Gasteiger partial charge in [0, 0.05) is 29.4 Å². The molecule has 0 aromatic heterocycles. The average Bonchev–Trinajstić information content (AvgIpc) is 2.74. The zero-order valence-electron chi connectivity index (χ0n) is 15.0. The lowest BCUT2D eigenvalue weighted by molar-refractivity contribution is 0.171. The topological polar surface area (TPSA) is 66.7 Å². The average molecular weight is 375 g/mol. The van der Waals surface area contributed by atoms with E-state index in [1.54, 1.807) is 18.3 Å². The highest BCUT2D eigenvalue weighted by Gasteiger charge is 2.11. The third kappa shape index (κ3) is 4.01. The molecule has 0 unspecified atom stereocenters. The lowest BCUT2D eigenvalue weighted by atomic mass is 10.1. The molecule has 6 heteroatoms. The van der Waals surface area contributed by atoms with E-state index >= 15 is 0 Å². The summed E-state index contributed by atoms with van der Waals surface area (Å²) < 4.78 is 24.1. The van der Waals surface area contributed by atoms with Crippen LogP contribution in [0.4, 0.5) is 21.5 Å². The van der Waals surface area contributed by atoms with Gasteiger partial charge in [0.25, 0.3) is 0 Å². The first-order chi connectivity index (χ1) is 13.7. The van der Waals surface area contributed by atoms with Gasteiger partial charge in [0.2, 0.25) is 0 Å². The Morgan fingerprint density at radius 3 is 2.50 bits per heavy atom. The van der Waals surface area contributed by atoms with Crippen LogP contribution in [0.25, 0.3) is 0 Å². The van der Waals surface area contributed by atoms with Gasteiger partial charge in [-0.3, -0.25) is 4.99 Å². The first-order valence-electron chi connectivity index (χ1n) is 8.82. The molecular weight excluding hydrogens is 357 g/mol. The van der Waals surface area contributed by atoms with Crippen LogP contribution in [0.1, 0.15) is 11.1 Å². The van der Waals surface area contributed by atoms with Crippen LogP contribution in [0.2, 0.25) is 0 Å². The van der Waals surface area contributed by atoms with Crippen LogP contribution in [0.15, 0.2) is 65.7 Å². The smallest absolute Gasteiger partial charge is 0.162 e. The molecule has 140 valence electrons. The van der Waals surface area contributed by atoms with E-state index in [4.69, 9.17) is 14.9 Å². The van der Waals surface area contributed by atoms with E-state index in [1.165, 1.54) is 18.3 Å². The minimum atomic E-state index is -0.290. The monoisotopic (exact) mass is 375 g/mol. The minimum Gasteiger partial charge on any atom is -0.486 e. The molecule has 0 saturated carbocycles. The summed E-state index contributed by atoms with van der Waals surface area (Å²) in [5, 5.41) is 10.9. The Morgan fingerprint density at radius 1 is 0.929 bits per heavy atom. The number of anilines is 2. The number of nitrogens with zero attached hydrogens (tertiary/aromatic N) is 1. The van der Waals surface area contributed by atoms with Crippen molar-refractivity contribution in [3.05, 3.63) is 77.6 Å². The van der Waals surface area contributed by atoms with Crippen molar-refractivity contribution in [2.24, 2.45) is 4.99 Å². The molecule has 0 spiro atoms. The molecule has 0 atom stereocenters. The van der Waals surface area contributed by atoms with Gasteiger partial charge in [-0.15, -0.1) is 0 Å². The lowest BCUT2D eigenvalue weighted by Gasteiger charge is -2.18. The molecule has 1 heterocycles. The molecule has 0 saturated heterocycles. The maximum Gasteiger partial charge on any atom is 0.162 e. The van der Waals surface area contributed by atoms with E-state index in [-0.39, 0.29) is 5.82 Å². The zero-order chi connectivity index (χ0) is 19.3. The maximum atomic E-state index is 13.0. The summed E-state index contributed by atoms with van der Waals surface area (Å²) in [7, 11) is 0. The molecule has 0 fully saturated rings. The van der Waals surface area contributed by atoms with Crippen LogP contribution in [-0.2, 0) is 0 Å². The number of nitrogens with one attached hydrogen (secondary N) is 2. The summed E-state index contributed by atoms with van der Waals surface area (Å²) in [6, 6.07) is 17.3. The van der Waals surface area contributed by atoms with Crippen LogP contribution >= 0.6 is 0 Å². The Hall–Kier alpha value is -3.67. The number of ether oxygens (including phenoxy) is 2. The number of hydrogen-bond donors (Lipinski definition) is 2. The van der Waals surface area contributed by atoms with E-state index in [0.29, 0.717) is 24.5 Å². The molecule has 0 aliphatic carbocycles. The Bertz CT molecular complexity index is 1030. The molecule has 0 radical (unpaired) electrons. The molecule has 0 bridgehead atoms. The van der Waals surface area contributed by atoms with Crippen LogP contribution in [0.3, 0.4) is 0 Å². The molecule has 3 aromatic rings. The van der Waals surface area contributed by atoms with Gasteiger partial charge in [0.15, 0.2) is 11.5 Å². The third-order valence-electron chi connectivity index (χ3n) is 4.24. The highest BCUT2D eigenvalue weighted by atomic mass is 19.1. The highest BCUT2D eigenvalue weighted by Crippen LogP contribution is 2.30. The van der Waals surface area contributed by atoms with E-state index in [1.807, 2.05) is 36.4 Å². The summed E-state index contributed by atoms with van der Waals surface area (Å²) >= 11 is 0. The van der Waals surface area contributed by atoms with Crippen molar-refractivity contribution < 1.29 is 13.9 Å². The molecule has 4 rings (SSSR count). The summed E-state index contributed by atoms with van der Waals surface area (Å²) in [5.74, 6) is 1.17. The third-order valence-corrected chi connectivity index (χ3v) is 4.24. The van der Waals surface area contributed by atoms with Crippen molar-refractivity contribution in [1.29, 1.82) is 5.41 Å². The van der Waals surface area contributed by atoms with Gasteiger partial charge < -0.3 is 20.2 Å². The van der Waals surface area contributed by atoms with E-state index in [9.17, 15) is 4.39 Å². The van der Waals surface area contributed by atoms with Crippen molar-refractivity contribution in [3.8, 4) is 11.5 Å². The first-order valence-corrected chi connectivity index (χ1v) is 8.82. The van der Waals surface area contributed by atoms with Crippen molar-refractivity contribution in [1.82, 2.24) is 0 Å². The van der Waals surface area contributed by atoms with Gasteiger partial charge in [0.1, 0.15) is 19.0 Å². The lowest BCUT2D eigenvalue weighted by Crippen LogP contribution is -2.15. The number of fused-ring (bicyclic) bond motifs is 1. The SMILES string of the molecule is N=Cc1cc(/N=C/c2ccc3c(c2)OCCO3)ccc1Nc1ccc(F)cc1. The van der Waals surface area contributed by atoms with Crippen molar-refractivity contribution in [2.45, 2.75) is 0 Å². The fraction of sp³-hybridized carbons (Fsp3) is 0.0909. The number of hydrogen-bond acceptors (Lipinski definition) is 5. The Balaban J connectivity index is 1.53. The molecule has 1 aliphatic heterocycles. The molecule has 5 nitrogen and oxygen atoms in total. The van der Waals surface area contributed by atoms with Crippen LogP contribution < -0.4 is 14.8 Å². The normalized spacial score (nSPS) is 12.8. The second-order valence-electron chi connectivity index (χ2n) is 6.21. The zero-order valence-corrected chi connectivity index (χ0v) is 15.0. The van der Waals surface area contributed by atoms with Crippen molar-refractivity contribution >= 4 is 29.5 Å². The summed E-state index contributed by atoms with van der Waals surface area (Å²) in [5.41, 5.74) is 3.80. The maximum absolute atomic E-state index is 13.0. The molecule has 1 aliphatic rings. The predicted molar refractivity (Wildman–Crippen MR) is 109 cm³/mol. The number of aliphatic imine (C=N–C) groups is 1. The Morgan fingerprint density at radius 2 is 1.71 bits per heavy atom. The quantitative estimate of drug-likeness (QED) is 0.611. The Labute approximate surface area is 162 Å². The molecule has 28 heavy (non-hydrogen) atoms. The van der Waals surface area contributed by atoms with Crippen LogP contribution in [0.5, 0.6) is 11.5 Å². The van der Waals surface area contributed by atoms with Gasteiger partial charge in [-0.1, -0.05) is 0 Å². The van der Waals surface area contributed by atoms with Crippen LogP contribution in [0, 0.1) is 11.2 Å². The molecule has 3 aromatic carbocycles. The van der Waals surface area contributed by atoms with Gasteiger partial charge in [-0.05, 0) is 66.2 Å². The summed E-state index contributed by atoms with van der Waals surface area (Å²) in [4.78, 5) is 4.49. The summed E-state index contributed by atoms with van der Waals surface area (Å²) in [6.45, 7) is 1.10. The minimum absolute atomic E-state index is 0.290. The van der Waals surface area contributed by atoms with Crippen molar-refractivity contribution in [2.75, 3.05) is 18.5 Å².